The molecule has 2 aliphatic heterocycles. The molecule has 0 bridgehead atoms. The van der Waals surface area contributed by atoms with E-state index in [1.54, 1.807) is 6.08 Å². The highest BCUT2D eigenvalue weighted by molar-refractivity contribution is 5.76. The van der Waals surface area contributed by atoms with Gasteiger partial charge in [0, 0.05) is 50.6 Å². The summed E-state index contributed by atoms with van der Waals surface area (Å²) in [6, 6.07) is 0. The first-order valence-corrected chi connectivity index (χ1v) is 11.0. The Bertz CT molecular complexity index is 698. The van der Waals surface area contributed by atoms with Crippen molar-refractivity contribution in [1.29, 1.82) is 0 Å². The van der Waals surface area contributed by atoms with Gasteiger partial charge in [0.25, 0.3) is 0 Å². The number of piperidine rings is 1. The van der Waals surface area contributed by atoms with Crippen molar-refractivity contribution in [3.05, 3.63) is 23.6 Å². The van der Waals surface area contributed by atoms with Crippen LogP contribution < -0.4 is 0 Å². The summed E-state index contributed by atoms with van der Waals surface area (Å²) >= 11 is 0. The number of nitrogens with zero attached hydrogens (tertiary/aromatic N) is 2. The summed E-state index contributed by atoms with van der Waals surface area (Å²) in [6.07, 6.45) is 3.56. The summed E-state index contributed by atoms with van der Waals surface area (Å²) in [4.78, 5) is 17.0. The molecular weight excluding hydrogens is 393 g/mol. The molecular formula is C23H35F3N2O2. The largest absolute Gasteiger partial charge is 0.488 e. The number of carbonyl (C=O) groups is 1. The number of hydrogen-bond donors (Lipinski definition) is 0. The van der Waals surface area contributed by atoms with Gasteiger partial charge in [-0.2, -0.15) is 13.2 Å². The maximum Gasteiger partial charge on any atom is 0.422 e. The fourth-order valence-corrected chi connectivity index (χ4v) is 4.88. The molecule has 0 aromatic carbocycles. The molecule has 3 aliphatic rings. The van der Waals surface area contributed by atoms with Gasteiger partial charge in [-0.3, -0.25) is 4.79 Å². The van der Waals surface area contributed by atoms with E-state index in [4.69, 9.17) is 4.74 Å². The monoisotopic (exact) mass is 428 g/mol. The average Bonchev–Trinajstić information content (AvgIpc) is 3.02. The Morgan fingerprint density at radius 1 is 1.13 bits per heavy atom. The number of allylic oxidation sites excluding steroid dienone is 4. The predicted molar refractivity (Wildman–Crippen MR) is 110 cm³/mol. The fourth-order valence-electron chi connectivity index (χ4n) is 4.88. The van der Waals surface area contributed by atoms with Crippen LogP contribution in [0, 0.1) is 16.7 Å². The Hall–Kier alpha value is -1.66. The first kappa shape index (κ1) is 23.0. The highest BCUT2D eigenvalue weighted by atomic mass is 19.4. The second kappa shape index (κ2) is 8.46. The zero-order valence-electron chi connectivity index (χ0n) is 18.6. The number of ether oxygens (including phenoxy) is 1. The van der Waals surface area contributed by atoms with E-state index in [9.17, 15) is 18.0 Å². The fraction of sp³-hybridized carbons (Fsp3) is 0.783. The van der Waals surface area contributed by atoms with Gasteiger partial charge >= 0.3 is 6.18 Å². The van der Waals surface area contributed by atoms with Crippen LogP contribution in [0.5, 0.6) is 0 Å². The van der Waals surface area contributed by atoms with E-state index in [0.29, 0.717) is 18.6 Å². The van der Waals surface area contributed by atoms with Gasteiger partial charge in [0.1, 0.15) is 0 Å². The molecule has 0 saturated carbocycles. The number of carbonyl (C=O) groups excluding carboxylic acids is 1. The zero-order chi connectivity index (χ0) is 22.2. The normalized spacial score (nSPS) is 24.7. The van der Waals surface area contributed by atoms with E-state index >= 15 is 0 Å². The van der Waals surface area contributed by atoms with Crippen molar-refractivity contribution in [2.45, 2.75) is 66.0 Å². The molecule has 1 spiro atoms. The van der Waals surface area contributed by atoms with Crippen molar-refractivity contribution in [1.82, 2.24) is 9.80 Å². The highest BCUT2D eigenvalue weighted by Crippen LogP contribution is 2.43. The molecule has 1 unspecified atom stereocenters. The minimum Gasteiger partial charge on any atom is -0.488 e. The molecule has 1 aliphatic carbocycles. The molecule has 0 N–H and O–H groups in total. The first-order chi connectivity index (χ1) is 13.9. The molecule has 3 rings (SSSR count). The van der Waals surface area contributed by atoms with Crippen molar-refractivity contribution < 1.29 is 22.7 Å². The van der Waals surface area contributed by atoms with Gasteiger partial charge < -0.3 is 14.5 Å². The van der Waals surface area contributed by atoms with E-state index in [1.807, 2.05) is 11.0 Å². The van der Waals surface area contributed by atoms with Crippen LogP contribution in [0.2, 0.25) is 0 Å². The van der Waals surface area contributed by atoms with Crippen molar-refractivity contribution in [3.63, 3.8) is 0 Å². The molecule has 0 radical (unpaired) electrons. The second-order valence-electron chi connectivity index (χ2n) is 10.5. The third-order valence-corrected chi connectivity index (χ3v) is 6.54. The summed E-state index contributed by atoms with van der Waals surface area (Å²) in [5, 5.41) is 0. The van der Waals surface area contributed by atoms with E-state index in [2.05, 4.69) is 32.6 Å². The van der Waals surface area contributed by atoms with Gasteiger partial charge in [0.05, 0.1) is 5.76 Å². The second-order valence-corrected chi connectivity index (χ2v) is 10.5. The summed E-state index contributed by atoms with van der Waals surface area (Å²) in [5.74, 6) is 0.803. The molecule has 4 nitrogen and oxygen atoms in total. The Morgan fingerprint density at radius 3 is 2.33 bits per heavy atom. The number of alkyl halides is 3. The SMILES string of the molecule is CC1CC(OCC(F)(F)F)=CC=C1N1CCC2(CCN(C(=O)CC(C)(C)C)CC2)C1. The average molecular weight is 429 g/mol. The lowest BCUT2D eigenvalue weighted by Gasteiger charge is -2.40. The highest BCUT2D eigenvalue weighted by Gasteiger charge is 2.43. The van der Waals surface area contributed by atoms with Gasteiger partial charge in [-0.15, -0.1) is 0 Å². The Morgan fingerprint density at radius 2 is 1.77 bits per heavy atom. The number of hydrogen-bond acceptors (Lipinski definition) is 3. The molecule has 0 aromatic rings. The lowest BCUT2D eigenvalue weighted by molar-refractivity contribution is -0.165. The number of rotatable bonds is 4. The minimum atomic E-state index is -4.31. The maximum absolute atomic E-state index is 12.5. The van der Waals surface area contributed by atoms with Crippen LogP contribution in [0.3, 0.4) is 0 Å². The van der Waals surface area contributed by atoms with E-state index in [0.717, 1.165) is 45.4 Å². The van der Waals surface area contributed by atoms with Crippen LogP contribution in [0.1, 0.15) is 59.8 Å². The molecule has 0 aromatic heterocycles. The molecule has 30 heavy (non-hydrogen) atoms. The van der Waals surface area contributed by atoms with Crippen LogP contribution in [0.15, 0.2) is 23.6 Å². The molecule has 2 saturated heterocycles. The molecule has 2 fully saturated rings. The zero-order valence-corrected chi connectivity index (χ0v) is 18.6. The number of halogens is 3. The van der Waals surface area contributed by atoms with Gasteiger partial charge in [-0.25, -0.2) is 0 Å². The molecule has 1 amide bonds. The summed E-state index contributed by atoms with van der Waals surface area (Å²) in [6.45, 7) is 10.7. The Labute approximate surface area is 178 Å². The standard InChI is InChI=1S/C23H35F3N2O2/c1-17-13-18(30-16-23(24,25)26)5-6-19(17)28-12-9-22(15-28)7-10-27(11-8-22)20(29)14-21(2,3)4/h5-6,17H,7-16H2,1-4H3. The summed E-state index contributed by atoms with van der Waals surface area (Å²) in [7, 11) is 0. The minimum absolute atomic E-state index is 0.0101. The lowest BCUT2D eigenvalue weighted by Crippen LogP contribution is -2.45. The van der Waals surface area contributed by atoms with Crippen molar-refractivity contribution >= 4 is 5.91 Å². The van der Waals surface area contributed by atoms with Gasteiger partial charge in [0.15, 0.2) is 6.61 Å². The lowest BCUT2D eigenvalue weighted by atomic mass is 9.77. The summed E-state index contributed by atoms with van der Waals surface area (Å²) in [5.41, 5.74) is 1.45. The van der Waals surface area contributed by atoms with Gasteiger partial charge in [0.2, 0.25) is 5.91 Å². The van der Waals surface area contributed by atoms with Gasteiger partial charge in [-0.1, -0.05) is 27.7 Å². The topological polar surface area (TPSA) is 32.8 Å². The molecule has 1 atom stereocenters. The predicted octanol–water partition coefficient (Wildman–Crippen LogP) is 5.12. The third-order valence-electron chi connectivity index (χ3n) is 6.54. The maximum atomic E-state index is 12.5. The molecule has 170 valence electrons. The van der Waals surface area contributed by atoms with Crippen molar-refractivity contribution in [2.24, 2.45) is 16.7 Å². The smallest absolute Gasteiger partial charge is 0.422 e. The molecule has 7 heteroatoms. The van der Waals surface area contributed by atoms with E-state index in [-0.39, 0.29) is 22.7 Å². The molecule has 2 heterocycles. The Balaban J connectivity index is 1.55. The summed E-state index contributed by atoms with van der Waals surface area (Å²) < 4.78 is 42.1. The van der Waals surface area contributed by atoms with Crippen molar-refractivity contribution in [3.8, 4) is 0 Å². The van der Waals surface area contributed by atoms with Crippen LogP contribution in [-0.4, -0.2) is 54.7 Å². The van der Waals surface area contributed by atoms with Crippen molar-refractivity contribution in [2.75, 3.05) is 32.8 Å². The first-order valence-electron chi connectivity index (χ1n) is 11.0. The number of amides is 1. The quantitative estimate of drug-likeness (QED) is 0.623. The van der Waals surface area contributed by atoms with E-state index in [1.165, 1.54) is 5.70 Å². The number of likely N-dealkylation sites (tertiary alicyclic amines) is 2. The third kappa shape index (κ3) is 5.94. The van der Waals surface area contributed by atoms with Crippen LogP contribution >= 0.6 is 0 Å². The van der Waals surface area contributed by atoms with Gasteiger partial charge in [-0.05, 0) is 42.2 Å². The van der Waals surface area contributed by atoms with E-state index < -0.39 is 12.8 Å². The van der Waals surface area contributed by atoms with Crippen LogP contribution in [0.25, 0.3) is 0 Å². The van der Waals surface area contributed by atoms with Crippen LogP contribution in [-0.2, 0) is 9.53 Å². The van der Waals surface area contributed by atoms with Crippen LogP contribution in [0.4, 0.5) is 13.2 Å². The Kier molecular flexibility index (Phi) is 6.49.